The highest BCUT2D eigenvalue weighted by Gasteiger charge is 2.10. The van der Waals surface area contributed by atoms with E-state index in [1.54, 1.807) is 19.1 Å². The molecule has 0 aliphatic heterocycles. The number of carbonyl (C=O) groups excluding carboxylic acids is 1. The average molecular weight is 291 g/mol. The lowest BCUT2D eigenvalue weighted by molar-refractivity contribution is 0.102. The van der Waals surface area contributed by atoms with Gasteiger partial charge in [-0.2, -0.15) is 0 Å². The van der Waals surface area contributed by atoms with Crippen LogP contribution in [-0.4, -0.2) is 11.0 Å². The summed E-state index contributed by atoms with van der Waals surface area (Å²) in [4.78, 5) is 12.5. The highest BCUT2D eigenvalue weighted by atomic mass is 16.3. The van der Waals surface area contributed by atoms with Gasteiger partial charge < -0.3 is 10.4 Å². The molecule has 110 valence electrons. The Balaban J connectivity index is 1.87. The average Bonchev–Trinajstić information content (AvgIpc) is 2.54. The number of benzene rings is 3. The van der Waals surface area contributed by atoms with Crippen molar-refractivity contribution in [2.24, 2.45) is 0 Å². The second kappa shape index (κ2) is 6.00. The largest absolute Gasteiger partial charge is 0.389 e. The van der Waals surface area contributed by atoms with Gasteiger partial charge in [0.15, 0.2) is 0 Å². The molecule has 3 rings (SSSR count). The van der Waals surface area contributed by atoms with Gasteiger partial charge in [0.05, 0.1) is 6.10 Å². The maximum absolute atomic E-state index is 12.5. The van der Waals surface area contributed by atoms with Gasteiger partial charge in [-0.05, 0) is 41.5 Å². The number of aliphatic hydroxyl groups is 1. The van der Waals surface area contributed by atoms with E-state index in [-0.39, 0.29) is 5.91 Å². The molecule has 0 aromatic heterocycles. The number of anilines is 1. The van der Waals surface area contributed by atoms with Gasteiger partial charge >= 0.3 is 0 Å². The van der Waals surface area contributed by atoms with Crippen LogP contribution < -0.4 is 5.32 Å². The Kier molecular flexibility index (Phi) is 3.90. The van der Waals surface area contributed by atoms with Crippen LogP contribution in [0.15, 0.2) is 66.7 Å². The lowest BCUT2D eigenvalue weighted by atomic mass is 10.0. The van der Waals surface area contributed by atoms with E-state index in [9.17, 15) is 9.90 Å². The molecule has 1 amide bonds. The number of aliphatic hydroxyl groups excluding tert-OH is 1. The fraction of sp³-hybridized carbons (Fsp3) is 0.105. The summed E-state index contributed by atoms with van der Waals surface area (Å²) >= 11 is 0. The van der Waals surface area contributed by atoms with E-state index >= 15 is 0 Å². The molecule has 22 heavy (non-hydrogen) atoms. The lowest BCUT2D eigenvalue weighted by Gasteiger charge is -2.09. The first-order chi connectivity index (χ1) is 10.6. The molecule has 0 fully saturated rings. The maximum Gasteiger partial charge on any atom is 0.256 e. The van der Waals surface area contributed by atoms with Gasteiger partial charge in [0.2, 0.25) is 0 Å². The third-order valence-corrected chi connectivity index (χ3v) is 3.69. The smallest absolute Gasteiger partial charge is 0.256 e. The zero-order valence-electron chi connectivity index (χ0n) is 12.3. The van der Waals surface area contributed by atoms with Gasteiger partial charge in [-0.3, -0.25) is 4.79 Å². The molecule has 0 aliphatic carbocycles. The molecule has 3 aromatic rings. The predicted octanol–water partition coefficient (Wildman–Crippen LogP) is 4.15. The molecule has 0 heterocycles. The van der Waals surface area contributed by atoms with E-state index in [4.69, 9.17) is 0 Å². The summed E-state index contributed by atoms with van der Waals surface area (Å²) in [5.41, 5.74) is 2.18. The zero-order chi connectivity index (χ0) is 15.5. The van der Waals surface area contributed by atoms with Crippen molar-refractivity contribution < 1.29 is 9.90 Å². The molecule has 3 heteroatoms. The normalized spacial score (nSPS) is 12.1. The molecule has 0 saturated heterocycles. The number of nitrogens with one attached hydrogen (secondary N) is 1. The van der Waals surface area contributed by atoms with Gasteiger partial charge in [-0.1, -0.05) is 48.5 Å². The molecule has 0 radical (unpaired) electrons. The number of hydrogen-bond donors (Lipinski definition) is 2. The van der Waals surface area contributed by atoms with Crippen molar-refractivity contribution in [3.05, 3.63) is 77.9 Å². The van der Waals surface area contributed by atoms with E-state index in [1.807, 2.05) is 54.6 Å². The Bertz CT molecular complexity index is 802. The molecule has 0 aliphatic rings. The highest BCUT2D eigenvalue weighted by molar-refractivity contribution is 6.12. The molecule has 3 nitrogen and oxygen atoms in total. The monoisotopic (exact) mass is 291 g/mol. The van der Waals surface area contributed by atoms with Gasteiger partial charge in [0.25, 0.3) is 5.91 Å². The van der Waals surface area contributed by atoms with E-state index < -0.39 is 6.10 Å². The van der Waals surface area contributed by atoms with Crippen LogP contribution in [0.1, 0.15) is 28.9 Å². The summed E-state index contributed by atoms with van der Waals surface area (Å²) in [5, 5.41) is 14.4. The Morgan fingerprint density at radius 2 is 1.64 bits per heavy atom. The fourth-order valence-corrected chi connectivity index (χ4v) is 2.47. The molecule has 3 aromatic carbocycles. The lowest BCUT2D eigenvalue weighted by Crippen LogP contribution is -2.12. The summed E-state index contributed by atoms with van der Waals surface area (Å²) < 4.78 is 0. The summed E-state index contributed by atoms with van der Waals surface area (Å²) in [5.74, 6) is -0.137. The van der Waals surface area contributed by atoms with Crippen molar-refractivity contribution in [2.75, 3.05) is 5.32 Å². The molecule has 1 unspecified atom stereocenters. The Labute approximate surface area is 129 Å². The van der Waals surface area contributed by atoms with Crippen molar-refractivity contribution >= 4 is 22.4 Å². The number of carbonyl (C=O) groups is 1. The third-order valence-electron chi connectivity index (χ3n) is 3.69. The predicted molar refractivity (Wildman–Crippen MR) is 89.0 cm³/mol. The van der Waals surface area contributed by atoms with Crippen molar-refractivity contribution in [3.8, 4) is 0 Å². The Morgan fingerprint density at radius 3 is 2.36 bits per heavy atom. The second-order valence-electron chi connectivity index (χ2n) is 5.28. The van der Waals surface area contributed by atoms with Crippen LogP contribution in [-0.2, 0) is 0 Å². The second-order valence-corrected chi connectivity index (χ2v) is 5.28. The highest BCUT2D eigenvalue weighted by Crippen LogP contribution is 2.21. The minimum atomic E-state index is -0.511. The molecular formula is C19H17NO2. The van der Waals surface area contributed by atoms with Crippen molar-refractivity contribution in [2.45, 2.75) is 13.0 Å². The summed E-state index contributed by atoms with van der Waals surface area (Å²) in [6, 6.07) is 20.7. The van der Waals surface area contributed by atoms with Crippen LogP contribution in [0.3, 0.4) is 0 Å². The number of rotatable bonds is 3. The number of hydrogen-bond acceptors (Lipinski definition) is 2. The van der Waals surface area contributed by atoms with Crippen molar-refractivity contribution in [1.82, 2.24) is 0 Å². The summed E-state index contributed by atoms with van der Waals surface area (Å²) in [7, 11) is 0. The fourth-order valence-electron chi connectivity index (χ4n) is 2.47. The Morgan fingerprint density at radius 1 is 0.955 bits per heavy atom. The first kappa shape index (κ1) is 14.3. The molecule has 0 saturated carbocycles. The zero-order valence-corrected chi connectivity index (χ0v) is 12.3. The number of fused-ring (bicyclic) bond motifs is 1. The van der Waals surface area contributed by atoms with Crippen molar-refractivity contribution in [1.29, 1.82) is 0 Å². The minimum Gasteiger partial charge on any atom is -0.389 e. The minimum absolute atomic E-state index is 0.137. The quantitative estimate of drug-likeness (QED) is 0.761. The SMILES string of the molecule is CC(O)c1ccc(NC(=O)c2cccc3ccccc23)cc1. The van der Waals surface area contributed by atoms with Crippen molar-refractivity contribution in [3.63, 3.8) is 0 Å². The van der Waals surface area contributed by atoms with Crippen LogP contribution in [0, 0.1) is 0 Å². The van der Waals surface area contributed by atoms with Crippen LogP contribution in [0.2, 0.25) is 0 Å². The summed E-state index contributed by atoms with van der Waals surface area (Å²) in [6.45, 7) is 1.71. The van der Waals surface area contributed by atoms with E-state index in [1.165, 1.54) is 0 Å². The molecular weight excluding hydrogens is 274 g/mol. The van der Waals surface area contributed by atoms with Gasteiger partial charge in [0.1, 0.15) is 0 Å². The molecule has 1 atom stereocenters. The summed E-state index contributed by atoms with van der Waals surface area (Å²) in [6.07, 6.45) is -0.511. The topological polar surface area (TPSA) is 49.3 Å². The van der Waals surface area contributed by atoms with E-state index in [0.29, 0.717) is 11.3 Å². The van der Waals surface area contributed by atoms with E-state index in [2.05, 4.69) is 5.32 Å². The molecule has 0 spiro atoms. The van der Waals surface area contributed by atoms with Crippen LogP contribution in [0.25, 0.3) is 10.8 Å². The van der Waals surface area contributed by atoms with Gasteiger partial charge in [-0.25, -0.2) is 0 Å². The van der Waals surface area contributed by atoms with Crippen LogP contribution >= 0.6 is 0 Å². The van der Waals surface area contributed by atoms with E-state index in [0.717, 1.165) is 16.3 Å². The van der Waals surface area contributed by atoms with Crippen LogP contribution in [0.5, 0.6) is 0 Å². The van der Waals surface area contributed by atoms with Crippen LogP contribution in [0.4, 0.5) is 5.69 Å². The molecule has 2 N–H and O–H groups in total. The van der Waals surface area contributed by atoms with Gasteiger partial charge in [0, 0.05) is 11.3 Å². The molecule has 0 bridgehead atoms. The van der Waals surface area contributed by atoms with Gasteiger partial charge in [-0.15, -0.1) is 0 Å². The first-order valence-electron chi connectivity index (χ1n) is 7.22. The third kappa shape index (κ3) is 2.85. The standard InChI is InChI=1S/C19H17NO2/c1-13(21)14-9-11-16(12-10-14)20-19(22)18-8-4-6-15-5-2-3-7-17(15)18/h2-13,21H,1H3,(H,20,22). The number of amides is 1. The first-order valence-corrected chi connectivity index (χ1v) is 7.22. The Hall–Kier alpha value is -2.65. The maximum atomic E-state index is 12.5.